The molecule has 0 unspecified atom stereocenters. The number of halogens is 1. The number of benzene rings is 2. The molecule has 1 aliphatic rings. The fourth-order valence-corrected chi connectivity index (χ4v) is 4.93. The maximum Gasteiger partial charge on any atom is 0.268 e. The lowest BCUT2D eigenvalue weighted by atomic mass is 10.1. The molecule has 1 fully saturated rings. The molecule has 0 aromatic heterocycles. The zero-order valence-electron chi connectivity index (χ0n) is 16.2. The Labute approximate surface area is 180 Å². The van der Waals surface area contributed by atoms with Gasteiger partial charge >= 0.3 is 0 Å². The van der Waals surface area contributed by atoms with Crippen LogP contribution >= 0.6 is 11.6 Å². The van der Waals surface area contributed by atoms with Gasteiger partial charge < -0.3 is 15.4 Å². The van der Waals surface area contributed by atoms with Crippen molar-refractivity contribution in [2.45, 2.75) is 12.5 Å². The van der Waals surface area contributed by atoms with Crippen LogP contribution in [0.1, 0.15) is 22.3 Å². The minimum atomic E-state index is -3.16. The highest BCUT2D eigenvalue weighted by Gasteiger charge is 2.30. The second-order valence-electron chi connectivity index (χ2n) is 6.84. The lowest BCUT2D eigenvalue weighted by Gasteiger charge is -2.15. The quantitative estimate of drug-likeness (QED) is 0.661. The Balaban J connectivity index is 1.85. The summed E-state index contributed by atoms with van der Waals surface area (Å²) in [7, 11) is -1.61. The number of carbonyl (C=O) groups is 2. The number of rotatable bonds is 6. The van der Waals surface area contributed by atoms with E-state index in [2.05, 4.69) is 10.6 Å². The third kappa shape index (κ3) is 5.61. The van der Waals surface area contributed by atoms with E-state index in [-0.39, 0.29) is 27.8 Å². The second-order valence-corrected chi connectivity index (χ2v) is 9.47. The van der Waals surface area contributed by atoms with Gasteiger partial charge in [0.2, 0.25) is 0 Å². The average molecular weight is 449 g/mol. The van der Waals surface area contributed by atoms with Crippen molar-refractivity contribution in [3.63, 3.8) is 0 Å². The number of hydrogen-bond donors (Lipinski definition) is 2. The smallest absolute Gasteiger partial charge is 0.268 e. The molecule has 0 saturated carbocycles. The molecular formula is C21H21ClN2O5S. The van der Waals surface area contributed by atoms with E-state index in [1.54, 1.807) is 55.6 Å². The Kier molecular flexibility index (Phi) is 6.79. The van der Waals surface area contributed by atoms with Gasteiger partial charge in [0.15, 0.2) is 9.84 Å². The molecule has 1 heterocycles. The van der Waals surface area contributed by atoms with Gasteiger partial charge in [0.1, 0.15) is 11.4 Å². The van der Waals surface area contributed by atoms with E-state index in [9.17, 15) is 18.0 Å². The predicted octanol–water partition coefficient (Wildman–Crippen LogP) is 2.42. The van der Waals surface area contributed by atoms with Crippen LogP contribution in [0.25, 0.3) is 6.08 Å². The molecule has 30 heavy (non-hydrogen) atoms. The van der Waals surface area contributed by atoms with Crippen molar-refractivity contribution < 1.29 is 22.7 Å². The Morgan fingerprint density at radius 1 is 1.13 bits per heavy atom. The minimum Gasteiger partial charge on any atom is -0.497 e. The zero-order chi connectivity index (χ0) is 21.7. The third-order valence-corrected chi connectivity index (χ3v) is 6.70. The number of nitrogens with one attached hydrogen (secondary N) is 2. The van der Waals surface area contributed by atoms with Gasteiger partial charge in [-0.1, -0.05) is 35.9 Å². The second kappa shape index (κ2) is 9.32. The maximum atomic E-state index is 12.8. The molecule has 2 N–H and O–H groups in total. The van der Waals surface area contributed by atoms with Crippen LogP contribution in [0.3, 0.4) is 0 Å². The molecular weight excluding hydrogens is 428 g/mol. The first-order valence-electron chi connectivity index (χ1n) is 9.20. The lowest BCUT2D eigenvalue weighted by Crippen LogP contribution is -2.41. The summed E-state index contributed by atoms with van der Waals surface area (Å²) in [6.07, 6.45) is 1.84. The number of methoxy groups -OCH3 is 1. The van der Waals surface area contributed by atoms with Crippen LogP contribution < -0.4 is 15.4 Å². The number of ether oxygens (including phenoxy) is 1. The highest BCUT2D eigenvalue weighted by atomic mass is 35.5. The van der Waals surface area contributed by atoms with Crippen molar-refractivity contribution in [3.8, 4) is 5.75 Å². The van der Waals surface area contributed by atoms with Gasteiger partial charge in [0.25, 0.3) is 11.8 Å². The summed E-state index contributed by atoms with van der Waals surface area (Å²) < 4.78 is 28.5. The molecule has 2 aromatic carbocycles. The molecule has 0 aliphatic carbocycles. The van der Waals surface area contributed by atoms with Crippen LogP contribution in [-0.2, 0) is 14.6 Å². The first kappa shape index (κ1) is 21.9. The van der Waals surface area contributed by atoms with Gasteiger partial charge in [-0.25, -0.2) is 8.42 Å². The Bertz CT molecular complexity index is 1080. The zero-order valence-corrected chi connectivity index (χ0v) is 17.8. The van der Waals surface area contributed by atoms with Gasteiger partial charge in [-0.05, 0) is 42.3 Å². The molecule has 1 aliphatic heterocycles. The van der Waals surface area contributed by atoms with Crippen molar-refractivity contribution in [2.75, 3.05) is 18.6 Å². The summed E-state index contributed by atoms with van der Waals surface area (Å²) in [6.45, 7) is 0. The Morgan fingerprint density at radius 3 is 2.43 bits per heavy atom. The van der Waals surface area contributed by atoms with Crippen LogP contribution in [-0.4, -0.2) is 44.9 Å². The number of hydrogen-bond acceptors (Lipinski definition) is 5. The van der Waals surface area contributed by atoms with Gasteiger partial charge in [0, 0.05) is 6.04 Å². The molecule has 0 radical (unpaired) electrons. The number of amides is 2. The summed E-state index contributed by atoms with van der Waals surface area (Å²) in [4.78, 5) is 25.5. The molecule has 2 amide bonds. The molecule has 158 valence electrons. The molecule has 2 aromatic rings. The summed E-state index contributed by atoms with van der Waals surface area (Å²) >= 11 is 6.08. The minimum absolute atomic E-state index is 0.0191. The summed E-state index contributed by atoms with van der Waals surface area (Å²) in [5.41, 5.74) is 0.852. The van der Waals surface area contributed by atoms with Crippen LogP contribution in [0, 0.1) is 0 Å². The summed E-state index contributed by atoms with van der Waals surface area (Å²) in [5.74, 6) is -0.564. The monoisotopic (exact) mass is 448 g/mol. The van der Waals surface area contributed by atoms with E-state index in [4.69, 9.17) is 16.3 Å². The van der Waals surface area contributed by atoms with E-state index in [0.717, 1.165) is 0 Å². The van der Waals surface area contributed by atoms with E-state index in [1.807, 2.05) is 0 Å². The highest BCUT2D eigenvalue weighted by Crippen LogP contribution is 2.18. The van der Waals surface area contributed by atoms with Gasteiger partial charge in [0.05, 0.1) is 29.2 Å². The summed E-state index contributed by atoms with van der Waals surface area (Å²) in [6, 6.07) is 12.9. The topological polar surface area (TPSA) is 102 Å². The first-order chi connectivity index (χ1) is 14.3. The number of carbonyl (C=O) groups excluding carboxylic acids is 2. The van der Waals surface area contributed by atoms with Crippen LogP contribution in [0.5, 0.6) is 5.75 Å². The third-order valence-electron chi connectivity index (χ3n) is 4.61. The fraction of sp³-hybridized carbons (Fsp3) is 0.238. The molecule has 3 rings (SSSR count). The Morgan fingerprint density at radius 2 is 1.83 bits per heavy atom. The van der Waals surface area contributed by atoms with Crippen molar-refractivity contribution in [1.29, 1.82) is 0 Å². The van der Waals surface area contributed by atoms with Crippen molar-refractivity contribution in [2.24, 2.45) is 0 Å². The van der Waals surface area contributed by atoms with Crippen LogP contribution in [0.2, 0.25) is 5.02 Å². The van der Waals surface area contributed by atoms with Gasteiger partial charge in [-0.15, -0.1) is 0 Å². The van der Waals surface area contributed by atoms with Crippen molar-refractivity contribution in [3.05, 3.63) is 70.4 Å². The first-order valence-corrected chi connectivity index (χ1v) is 11.4. The Hall–Kier alpha value is -2.84. The van der Waals surface area contributed by atoms with E-state index in [0.29, 0.717) is 17.7 Å². The molecule has 1 saturated heterocycles. The molecule has 0 spiro atoms. The largest absolute Gasteiger partial charge is 0.497 e. The predicted molar refractivity (Wildman–Crippen MR) is 115 cm³/mol. The molecule has 0 bridgehead atoms. The van der Waals surface area contributed by atoms with Crippen LogP contribution in [0.4, 0.5) is 0 Å². The standard InChI is InChI=1S/C21H21ClN2O5S/c1-29-16-8-6-14(7-9-16)12-19(21(26)23-15-10-11-30(27,28)13-15)24-20(25)17-4-2-3-5-18(17)22/h2-9,12,15H,10-11,13H2,1H3,(H,23,26)(H,24,25)/b19-12+/t15-/m0/s1. The van der Waals surface area contributed by atoms with Crippen molar-refractivity contribution >= 4 is 39.3 Å². The maximum absolute atomic E-state index is 12.8. The molecule has 1 atom stereocenters. The van der Waals surface area contributed by atoms with Gasteiger partial charge in [-0.3, -0.25) is 9.59 Å². The average Bonchev–Trinajstić information content (AvgIpc) is 3.06. The number of sulfone groups is 1. The SMILES string of the molecule is COc1ccc(/C=C(/NC(=O)c2ccccc2Cl)C(=O)N[C@H]2CCS(=O)(=O)C2)cc1. The van der Waals surface area contributed by atoms with Crippen LogP contribution in [0.15, 0.2) is 54.2 Å². The summed E-state index contributed by atoms with van der Waals surface area (Å²) in [5, 5.41) is 5.53. The van der Waals surface area contributed by atoms with E-state index < -0.39 is 27.7 Å². The van der Waals surface area contributed by atoms with Gasteiger partial charge in [-0.2, -0.15) is 0 Å². The fourth-order valence-electron chi connectivity index (χ4n) is 3.03. The molecule has 7 nitrogen and oxygen atoms in total. The normalized spacial score (nSPS) is 17.9. The van der Waals surface area contributed by atoms with E-state index >= 15 is 0 Å². The lowest BCUT2D eigenvalue weighted by molar-refractivity contribution is -0.118. The highest BCUT2D eigenvalue weighted by molar-refractivity contribution is 7.91. The van der Waals surface area contributed by atoms with Crippen molar-refractivity contribution in [1.82, 2.24) is 10.6 Å². The van der Waals surface area contributed by atoms with E-state index in [1.165, 1.54) is 6.08 Å². The molecule has 9 heteroatoms.